The number of amides is 1. The average Bonchev–Trinajstić information content (AvgIpc) is 3.23. The molecule has 0 saturated heterocycles. The minimum Gasteiger partial charge on any atom is -0.364 e. The Labute approximate surface area is 147 Å². The van der Waals surface area contributed by atoms with Crippen molar-refractivity contribution in [2.75, 3.05) is 13.1 Å². The maximum absolute atomic E-state index is 13.3. The van der Waals surface area contributed by atoms with Crippen LogP contribution in [0.15, 0.2) is 35.7 Å². The Balaban J connectivity index is 1.44. The van der Waals surface area contributed by atoms with E-state index < -0.39 is 11.6 Å². The lowest BCUT2D eigenvalue weighted by Crippen LogP contribution is -2.34. The first-order valence-electron chi connectivity index (χ1n) is 7.78. The van der Waals surface area contributed by atoms with Gasteiger partial charge in [0.1, 0.15) is 11.6 Å². The molecule has 0 radical (unpaired) electrons. The first kappa shape index (κ1) is 15.9. The Morgan fingerprint density at radius 2 is 2.04 bits per heavy atom. The van der Waals surface area contributed by atoms with Gasteiger partial charge in [0.25, 0.3) is 5.91 Å². The molecule has 0 atom stereocenters. The number of hydrazone groups is 1. The molecule has 1 amide bonds. The highest BCUT2D eigenvalue weighted by Gasteiger charge is 2.24. The van der Waals surface area contributed by atoms with E-state index in [1.54, 1.807) is 0 Å². The van der Waals surface area contributed by atoms with Crippen molar-refractivity contribution >= 4 is 29.2 Å². The van der Waals surface area contributed by atoms with Gasteiger partial charge in [0.2, 0.25) is 0 Å². The van der Waals surface area contributed by atoms with Crippen LogP contribution in [0.5, 0.6) is 0 Å². The summed E-state index contributed by atoms with van der Waals surface area (Å²) in [5, 5.41) is 5.61. The van der Waals surface area contributed by atoms with Crippen LogP contribution in [-0.4, -0.2) is 39.0 Å². The Morgan fingerprint density at radius 1 is 1.24 bits per heavy atom. The lowest BCUT2D eigenvalue weighted by atomic mass is 10.1. The van der Waals surface area contributed by atoms with E-state index in [2.05, 4.69) is 9.47 Å². The molecule has 0 unspecified atom stereocenters. The predicted molar refractivity (Wildman–Crippen MR) is 90.8 cm³/mol. The highest BCUT2D eigenvalue weighted by Crippen LogP contribution is 2.23. The molecule has 8 heteroatoms. The van der Waals surface area contributed by atoms with Crippen molar-refractivity contribution in [1.29, 1.82) is 0 Å². The van der Waals surface area contributed by atoms with Crippen LogP contribution in [0, 0.1) is 11.6 Å². The van der Waals surface area contributed by atoms with E-state index in [0.29, 0.717) is 30.8 Å². The molecular formula is C17H14F2N4OS. The van der Waals surface area contributed by atoms with Crippen molar-refractivity contribution in [3.8, 4) is 0 Å². The van der Waals surface area contributed by atoms with Crippen LogP contribution in [0.3, 0.4) is 0 Å². The smallest absolute Gasteiger partial charge is 0.262 e. The number of halogens is 2. The van der Waals surface area contributed by atoms with Gasteiger partial charge >= 0.3 is 0 Å². The molecule has 4 rings (SSSR count). The molecule has 0 aliphatic carbocycles. The topological polar surface area (TPSA) is 48.8 Å². The van der Waals surface area contributed by atoms with E-state index in [1.807, 2.05) is 23.4 Å². The standard InChI is InChI=1S/C17H14F2N4OS/c18-13-5-11(6-14(19)7-13)15-1-4-23(21-15)17(24)10-22-3-2-16-12(9-22)8-20-25-16/h2-3,5-8H,1,4,9-10H2. The fourth-order valence-corrected chi connectivity index (χ4v) is 3.54. The number of hydrogen-bond acceptors (Lipinski definition) is 5. The summed E-state index contributed by atoms with van der Waals surface area (Å²) >= 11 is 1.43. The third kappa shape index (κ3) is 3.30. The average molecular weight is 360 g/mol. The molecule has 1 aromatic heterocycles. The Kier molecular flexibility index (Phi) is 4.04. The molecule has 0 spiro atoms. The summed E-state index contributed by atoms with van der Waals surface area (Å²) in [6.45, 7) is 1.24. The SMILES string of the molecule is O=C(CN1C=Cc2sncc2C1)N1CCC(c2cc(F)cc(F)c2)=N1. The molecule has 2 aliphatic rings. The predicted octanol–water partition coefficient (Wildman–Crippen LogP) is 2.84. The number of carbonyl (C=O) groups is 1. The second kappa shape index (κ2) is 6.36. The summed E-state index contributed by atoms with van der Waals surface area (Å²) in [6.07, 6.45) is 6.10. The molecule has 0 fully saturated rings. The number of fused-ring (bicyclic) bond motifs is 1. The van der Waals surface area contributed by atoms with Crippen LogP contribution in [-0.2, 0) is 11.3 Å². The van der Waals surface area contributed by atoms with Crippen LogP contribution in [0.4, 0.5) is 8.78 Å². The van der Waals surface area contributed by atoms with Gasteiger partial charge in [-0.15, -0.1) is 0 Å². The number of carbonyl (C=O) groups excluding carboxylic acids is 1. The third-order valence-corrected chi connectivity index (χ3v) is 4.92. The molecule has 5 nitrogen and oxygen atoms in total. The highest BCUT2D eigenvalue weighted by molar-refractivity contribution is 7.06. The van der Waals surface area contributed by atoms with E-state index in [9.17, 15) is 13.6 Å². The molecule has 25 heavy (non-hydrogen) atoms. The second-order valence-electron chi connectivity index (χ2n) is 5.91. The molecule has 0 N–H and O–H groups in total. The molecule has 3 heterocycles. The maximum atomic E-state index is 13.3. The number of aromatic nitrogens is 1. The monoisotopic (exact) mass is 360 g/mol. The maximum Gasteiger partial charge on any atom is 0.262 e. The van der Waals surface area contributed by atoms with Gasteiger partial charge < -0.3 is 4.90 Å². The van der Waals surface area contributed by atoms with Gasteiger partial charge in [-0.2, -0.15) is 5.10 Å². The molecule has 2 aliphatic heterocycles. The van der Waals surface area contributed by atoms with E-state index in [-0.39, 0.29) is 12.5 Å². The van der Waals surface area contributed by atoms with Crippen LogP contribution < -0.4 is 0 Å². The summed E-state index contributed by atoms with van der Waals surface area (Å²) in [4.78, 5) is 15.5. The zero-order valence-electron chi connectivity index (χ0n) is 13.2. The lowest BCUT2D eigenvalue weighted by molar-refractivity contribution is -0.131. The van der Waals surface area contributed by atoms with Gasteiger partial charge in [-0.05, 0) is 29.7 Å². The molecule has 0 bridgehead atoms. The van der Waals surface area contributed by atoms with Gasteiger partial charge in [-0.1, -0.05) is 0 Å². The van der Waals surface area contributed by atoms with Crippen LogP contribution in [0.25, 0.3) is 6.08 Å². The Hall–Kier alpha value is -2.61. The number of rotatable bonds is 3. The summed E-state index contributed by atoms with van der Waals surface area (Å²) in [5.74, 6) is -1.45. The van der Waals surface area contributed by atoms with Crippen molar-refractivity contribution in [3.05, 3.63) is 58.2 Å². The van der Waals surface area contributed by atoms with E-state index in [1.165, 1.54) is 28.7 Å². The van der Waals surface area contributed by atoms with Gasteiger partial charge in [-0.25, -0.2) is 18.2 Å². The second-order valence-corrected chi connectivity index (χ2v) is 6.74. The zero-order valence-corrected chi connectivity index (χ0v) is 14.0. The largest absolute Gasteiger partial charge is 0.364 e. The zero-order chi connectivity index (χ0) is 17.4. The Bertz CT molecular complexity index is 872. The van der Waals surface area contributed by atoms with Crippen molar-refractivity contribution in [2.45, 2.75) is 13.0 Å². The van der Waals surface area contributed by atoms with Gasteiger partial charge in [-0.3, -0.25) is 4.79 Å². The number of nitrogens with zero attached hydrogens (tertiary/aromatic N) is 4. The molecule has 0 saturated carbocycles. The quantitative estimate of drug-likeness (QED) is 0.846. The van der Waals surface area contributed by atoms with Crippen molar-refractivity contribution in [3.63, 3.8) is 0 Å². The first-order valence-corrected chi connectivity index (χ1v) is 8.56. The summed E-state index contributed by atoms with van der Waals surface area (Å²) in [5.41, 5.74) is 1.99. The summed E-state index contributed by atoms with van der Waals surface area (Å²) < 4.78 is 30.8. The number of hydrogen-bond donors (Lipinski definition) is 0. The summed E-state index contributed by atoms with van der Waals surface area (Å²) in [6, 6.07) is 3.28. The van der Waals surface area contributed by atoms with Crippen LogP contribution >= 0.6 is 11.5 Å². The van der Waals surface area contributed by atoms with Crippen LogP contribution in [0.2, 0.25) is 0 Å². The lowest BCUT2D eigenvalue weighted by Gasteiger charge is -2.24. The van der Waals surface area contributed by atoms with E-state index in [0.717, 1.165) is 16.5 Å². The molecule has 2 aromatic rings. The minimum absolute atomic E-state index is 0.150. The van der Waals surface area contributed by atoms with Crippen molar-refractivity contribution in [2.24, 2.45) is 5.10 Å². The fraction of sp³-hybridized carbons (Fsp3) is 0.235. The normalized spacial score (nSPS) is 16.2. The van der Waals surface area contributed by atoms with Gasteiger partial charge in [0.15, 0.2) is 0 Å². The minimum atomic E-state index is -0.652. The molecule has 128 valence electrons. The Morgan fingerprint density at radius 3 is 2.84 bits per heavy atom. The van der Waals surface area contributed by atoms with E-state index >= 15 is 0 Å². The number of benzene rings is 1. The first-order chi connectivity index (χ1) is 12.1. The fourth-order valence-electron chi connectivity index (χ4n) is 2.89. The van der Waals surface area contributed by atoms with Gasteiger partial charge in [0.05, 0.1) is 23.7 Å². The third-order valence-electron chi connectivity index (χ3n) is 4.11. The van der Waals surface area contributed by atoms with Gasteiger partial charge in [0, 0.05) is 42.6 Å². The highest BCUT2D eigenvalue weighted by atomic mass is 32.1. The van der Waals surface area contributed by atoms with Crippen molar-refractivity contribution in [1.82, 2.24) is 14.3 Å². The molecular weight excluding hydrogens is 346 g/mol. The summed E-state index contributed by atoms with van der Waals surface area (Å²) in [7, 11) is 0. The van der Waals surface area contributed by atoms with E-state index in [4.69, 9.17) is 0 Å². The molecule has 1 aromatic carbocycles. The van der Waals surface area contributed by atoms with Crippen molar-refractivity contribution < 1.29 is 13.6 Å². The van der Waals surface area contributed by atoms with Crippen LogP contribution in [0.1, 0.15) is 22.4 Å².